The minimum absolute atomic E-state index is 0. The van der Waals surface area contributed by atoms with Crippen LogP contribution < -0.4 is 15.5 Å². The van der Waals surface area contributed by atoms with Crippen LogP contribution in [0.25, 0.3) is 0 Å². The van der Waals surface area contributed by atoms with E-state index in [0.29, 0.717) is 6.42 Å². The summed E-state index contributed by atoms with van der Waals surface area (Å²) in [6.45, 7) is 3.65. The van der Waals surface area contributed by atoms with Crippen LogP contribution in [-0.4, -0.2) is 32.1 Å². The van der Waals surface area contributed by atoms with E-state index in [1.54, 1.807) is 0 Å². The number of nitrogens with two attached hydrogens (primary N) is 1. The van der Waals surface area contributed by atoms with Crippen molar-refractivity contribution in [1.82, 2.24) is 0 Å². The van der Waals surface area contributed by atoms with Gasteiger partial charge in [0.25, 0.3) is 0 Å². The lowest BCUT2D eigenvalue weighted by atomic mass is 10.1. The third-order valence-corrected chi connectivity index (χ3v) is 3.48. The number of carbonyl (C=O) groups excluding carboxylic acids is 1. The highest BCUT2D eigenvalue weighted by atomic mass is 35.5. The first-order valence-corrected chi connectivity index (χ1v) is 6.52. The van der Waals surface area contributed by atoms with E-state index in [2.05, 4.69) is 18.0 Å². The fourth-order valence-electron chi connectivity index (χ4n) is 2.33. The molecule has 114 valence electrons. The minimum atomic E-state index is -0.401. The molecule has 1 aliphatic heterocycles. The van der Waals surface area contributed by atoms with Crippen LogP contribution in [0, 0.1) is 0 Å². The molecule has 1 heterocycles. The highest BCUT2D eigenvalue weighted by molar-refractivity contribution is 6.00. The second-order valence-electron chi connectivity index (χ2n) is 4.77. The summed E-state index contributed by atoms with van der Waals surface area (Å²) < 4.78 is 0. The summed E-state index contributed by atoms with van der Waals surface area (Å²) in [5.74, 6) is 0.0280. The molecule has 0 saturated carbocycles. The Bertz CT molecular complexity index is 442. The van der Waals surface area contributed by atoms with Crippen molar-refractivity contribution >= 4 is 42.1 Å². The van der Waals surface area contributed by atoms with Gasteiger partial charge in [-0.1, -0.05) is 19.1 Å². The van der Waals surface area contributed by atoms with Gasteiger partial charge in [0, 0.05) is 20.1 Å². The topological polar surface area (TPSA) is 49.6 Å². The number of rotatable bonds is 2. The summed E-state index contributed by atoms with van der Waals surface area (Å²) in [6.07, 6.45) is 1.64. The van der Waals surface area contributed by atoms with Crippen molar-refractivity contribution in [3.63, 3.8) is 0 Å². The predicted octanol–water partition coefficient (Wildman–Crippen LogP) is 2.44. The van der Waals surface area contributed by atoms with Gasteiger partial charge in [0.2, 0.25) is 5.91 Å². The zero-order valence-corrected chi connectivity index (χ0v) is 13.5. The third kappa shape index (κ3) is 3.78. The van der Waals surface area contributed by atoms with Crippen molar-refractivity contribution in [2.45, 2.75) is 25.8 Å². The largest absolute Gasteiger partial charge is 0.373 e. The number of para-hydroxylation sites is 2. The van der Waals surface area contributed by atoms with Gasteiger partial charge in [0.1, 0.15) is 0 Å². The maximum atomic E-state index is 12.3. The Morgan fingerprint density at radius 3 is 2.45 bits per heavy atom. The van der Waals surface area contributed by atoms with Crippen molar-refractivity contribution in [1.29, 1.82) is 0 Å². The first kappa shape index (κ1) is 19.0. The van der Waals surface area contributed by atoms with Crippen LogP contribution in [0.4, 0.5) is 11.4 Å². The Morgan fingerprint density at radius 2 is 1.85 bits per heavy atom. The van der Waals surface area contributed by atoms with Gasteiger partial charge >= 0.3 is 0 Å². The average molecular weight is 320 g/mol. The number of hydrogen-bond donors (Lipinski definition) is 1. The molecule has 4 nitrogen and oxygen atoms in total. The van der Waals surface area contributed by atoms with E-state index in [0.717, 1.165) is 30.9 Å². The molecule has 1 atom stereocenters. The van der Waals surface area contributed by atoms with E-state index in [9.17, 15) is 4.79 Å². The van der Waals surface area contributed by atoms with Gasteiger partial charge in [0.15, 0.2) is 0 Å². The van der Waals surface area contributed by atoms with Crippen LogP contribution in [0.5, 0.6) is 0 Å². The molecule has 1 amide bonds. The molecule has 0 radical (unpaired) electrons. The van der Waals surface area contributed by atoms with Gasteiger partial charge in [-0.05, 0) is 25.0 Å². The second-order valence-corrected chi connectivity index (χ2v) is 4.77. The molecule has 0 unspecified atom stereocenters. The molecular formula is C14H23Cl2N3O. The van der Waals surface area contributed by atoms with E-state index in [-0.39, 0.29) is 30.7 Å². The first-order valence-electron chi connectivity index (χ1n) is 6.52. The summed E-state index contributed by atoms with van der Waals surface area (Å²) in [5.41, 5.74) is 7.97. The Balaban J connectivity index is 0.00000180. The van der Waals surface area contributed by atoms with Gasteiger partial charge in [-0.15, -0.1) is 24.8 Å². The van der Waals surface area contributed by atoms with Crippen LogP contribution in [0.3, 0.4) is 0 Å². The molecule has 0 spiro atoms. The number of halogens is 2. The molecule has 1 aromatic rings. The molecule has 1 aromatic carbocycles. The Hall–Kier alpha value is -0.970. The van der Waals surface area contributed by atoms with Crippen molar-refractivity contribution in [3.05, 3.63) is 24.3 Å². The number of fused-ring (bicyclic) bond motifs is 1. The van der Waals surface area contributed by atoms with Crippen molar-refractivity contribution in [3.8, 4) is 0 Å². The summed E-state index contributed by atoms with van der Waals surface area (Å²) in [4.78, 5) is 16.4. The zero-order valence-electron chi connectivity index (χ0n) is 11.9. The smallest absolute Gasteiger partial charge is 0.243 e. The number of carbonyl (C=O) groups is 1. The van der Waals surface area contributed by atoms with E-state index in [1.165, 1.54) is 0 Å². The number of nitrogens with zero attached hydrogens (tertiary/aromatic N) is 2. The fourth-order valence-corrected chi connectivity index (χ4v) is 2.33. The fraction of sp³-hybridized carbons (Fsp3) is 0.500. The molecular weight excluding hydrogens is 297 g/mol. The molecule has 0 aromatic heterocycles. The van der Waals surface area contributed by atoms with Gasteiger partial charge in [-0.3, -0.25) is 4.79 Å². The van der Waals surface area contributed by atoms with E-state index >= 15 is 0 Å². The SMILES string of the molecule is CC[C@H](N)C(=O)N1CCCN(C)c2ccccc21.Cl.Cl. The number of anilines is 2. The average Bonchev–Trinajstić information content (AvgIpc) is 2.57. The lowest BCUT2D eigenvalue weighted by molar-refractivity contribution is -0.119. The number of benzene rings is 1. The first-order chi connectivity index (χ1) is 8.65. The zero-order chi connectivity index (χ0) is 13.1. The minimum Gasteiger partial charge on any atom is -0.373 e. The van der Waals surface area contributed by atoms with Gasteiger partial charge in [-0.25, -0.2) is 0 Å². The number of amides is 1. The van der Waals surface area contributed by atoms with Crippen LogP contribution >= 0.6 is 24.8 Å². The van der Waals surface area contributed by atoms with Crippen molar-refractivity contribution in [2.75, 3.05) is 29.9 Å². The van der Waals surface area contributed by atoms with Crippen LogP contribution in [0.2, 0.25) is 0 Å². The van der Waals surface area contributed by atoms with E-state index in [4.69, 9.17) is 5.73 Å². The van der Waals surface area contributed by atoms with Crippen LogP contribution in [0.15, 0.2) is 24.3 Å². The van der Waals surface area contributed by atoms with Crippen molar-refractivity contribution < 1.29 is 4.79 Å². The molecule has 0 saturated heterocycles. The molecule has 20 heavy (non-hydrogen) atoms. The lowest BCUT2D eigenvalue weighted by Crippen LogP contribution is -2.43. The molecule has 0 fully saturated rings. The van der Waals surface area contributed by atoms with Gasteiger partial charge in [-0.2, -0.15) is 0 Å². The normalized spacial score (nSPS) is 15.3. The molecule has 1 aliphatic rings. The van der Waals surface area contributed by atoms with Gasteiger partial charge in [0.05, 0.1) is 17.4 Å². The highest BCUT2D eigenvalue weighted by Crippen LogP contribution is 2.31. The summed E-state index contributed by atoms with van der Waals surface area (Å²) in [7, 11) is 2.06. The summed E-state index contributed by atoms with van der Waals surface area (Å²) in [5, 5.41) is 0. The molecule has 0 bridgehead atoms. The monoisotopic (exact) mass is 319 g/mol. The van der Waals surface area contributed by atoms with Crippen LogP contribution in [-0.2, 0) is 4.79 Å². The lowest BCUT2D eigenvalue weighted by Gasteiger charge is -2.26. The standard InChI is InChI=1S/C14H21N3O.2ClH/c1-3-11(15)14(18)17-10-6-9-16(2)12-7-4-5-8-13(12)17;;/h4-5,7-8,11H,3,6,9-10,15H2,1-2H3;2*1H/t11-;;/m0../s1. The van der Waals surface area contributed by atoms with Crippen LogP contribution in [0.1, 0.15) is 19.8 Å². The summed E-state index contributed by atoms with van der Waals surface area (Å²) in [6, 6.07) is 7.62. The maximum Gasteiger partial charge on any atom is 0.243 e. The molecule has 6 heteroatoms. The van der Waals surface area contributed by atoms with Crippen molar-refractivity contribution in [2.24, 2.45) is 5.73 Å². The quantitative estimate of drug-likeness (QED) is 0.910. The Morgan fingerprint density at radius 1 is 1.25 bits per heavy atom. The molecule has 0 aliphatic carbocycles. The summed E-state index contributed by atoms with van der Waals surface area (Å²) >= 11 is 0. The Labute approximate surface area is 133 Å². The predicted molar refractivity (Wildman–Crippen MR) is 89.4 cm³/mol. The Kier molecular flexibility index (Phi) is 7.94. The molecule has 2 N–H and O–H groups in total. The second kappa shape index (κ2) is 8.35. The van der Waals surface area contributed by atoms with E-state index < -0.39 is 6.04 Å². The number of hydrogen-bond acceptors (Lipinski definition) is 3. The highest BCUT2D eigenvalue weighted by Gasteiger charge is 2.25. The van der Waals surface area contributed by atoms with Gasteiger partial charge < -0.3 is 15.5 Å². The third-order valence-electron chi connectivity index (χ3n) is 3.48. The van der Waals surface area contributed by atoms with E-state index in [1.807, 2.05) is 30.0 Å². The molecule has 2 rings (SSSR count). The maximum absolute atomic E-state index is 12.3.